The normalized spacial score (nSPS) is 18.2. The molecular formula is C20H21BF2O2. The summed E-state index contributed by atoms with van der Waals surface area (Å²) in [5.74, 6) is 0. The predicted molar refractivity (Wildman–Crippen MR) is 96.8 cm³/mol. The van der Waals surface area contributed by atoms with Gasteiger partial charge in [0.2, 0.25) is 0 Å². The van der Waals surface area contributed by atoms with Gasteiger partial charge in [0.15, 0.2) is 0 Å². The molecule has 2 aromatic carbocycles. The summed E-state index contributed by atoms with van der Waals surface area (Å²) in [5, 5.41) is 0. The van der Waals surface area contributed by atoms with E-state index in [1.807, 2.05) is 27.7 Å². The van der Waals surface area contributed by atoms with Crippen LogP contribution in [0.2, 0.25) is 0 Å². The van der Waals surface area contributed by atoms with Gasteiger partial charge in [0.25, 0.3) is 6.08 Å². The monoisotopic (exact) mass is 342 g/mol. The minimum atomic E-state index is -1.70. The van der Waals surface area contributed by atoms with Gasteiger partial charge in [0, 0.05) is 0 Å². The van der Waals surface area contributed by atoms with E-state index in [-0.39, 0.29) is 5.57 Å². The third kappa shape index (κ3) is 3.39. The molecular weight excluding hydrogens is 321 g/mol. The highest BCUT2D eigenvalue weighted by molar-refractivity contribution is 6.62. The molecule has 0 aromatic heterocycles. The van der Waals surface area contributed by atoms with Crippen LogP contribution in [0.5, 0.6) is 0 Å². The zero-order chi connectivity index (χ0) is 18.2. The Labute approximate surface area is 147 Å². The van der Waals surface area contributed by atoms with Crippen LogP contribution < -0.4 is 5.46 Å². The van der Waals surface area contributed by atoms with Crippen LogP contribution in [0.4, 0.5) is 8.78 Å². The van der Waals surface area contributed by atoms with Gasteiger partial charge in [-0.2, -0.15) is 8.78 Å². The van der Waals surface area contributed by atoms with E-state index in [1.165, 1.54) is 0 Å². The van der Waals surface area contributed by atoms with E-state index in [0.717, 1.165) is 5.46 Å². The lowest BCUT2D eigenvalue weighted by molar-refractivity contribution is 0.00578. The Morgan fingerprint density at radius 2 is 1.24 bits per heavy atom. The van der Waals surface area contributed by atoms with Gasteiger partial charge in [0.05, 0.1) is 16.8 Å². The number of rotatable bonds is 3. The van der Waals surface area contributed by atoms with Crippen LogP contribution in [0.25, 0.3) is 5.57 Å². The summed E-state index contributed by atoms with van der Waals surface area (Å²) in [6.45, 7) is 7.93. The molecule has 5 heteroatoms. The van der Waals surface area contributed by atoms with Crippen LogP contribution in [0.15, 0.2) is 60.7 Å². The fourth-order valence-electron chi connectivity index (χ4n) is 2.78. The molecule has 1 heterocycles. The summed E-state index contributed by atoms with van der Waals surface area (Å²) >= 11 is 0. The number of hydrogen-bond donors (Lipinski definition) is 0. The highest BCUT2D eigenvalue weighted by Crippen LogP contribution is 2.36. The Bertz CT molecular complexity index is 763. The second kappa shape index (κ2) is 6.39. The lowest BCUT2D eigenvalue weighted by atomic mass is 9.78. The van der Waals surface area contributed by atoms with Gasteiger partial charge in [0.1, 0.15) is 0 Å². The Balaban J connectivity index is 1.89. The van der Waals surface area contributed by atoms with Crippen molar-refractivity contribution >= 4 is 18.2 Å². The lowest BCUT2D eigenvalue weighted by Gasteiger charge is -2.32. The van der Waals surface area contributed by atoms with Gasteiger partial charge in [-0.1, -0.05) is 54.6 Å². The maximum atomic E-state index is 13.5. The van der Waals surface area contributed by atoms with E-state index < -0.39 is 24.4 Å². The van der Waals surface area contributed by atoms with Crippen molar-refractivity contribution in [2.75, 3.05) is 0 Å². The van der Waals surface area contributed by atoms with E-state index >= 15 is 0 Å². The molecule has 2 aromatic rings. The minimum Gasteiger partial charge on any atom is -0.399 e. The first-order valence-electron chi connectivity index (χ1n) is 8.28. The molecule has 0 unspecified atom stereocenters. The molecule has 1 saturated heterocycles. The van der Waals surface area contributed by atoms with Gasteiger partial charge >= 0.3 is 7.12 Å². The summed E-state index contributed by atoms with van der Waals surface area (Å²) in [4.78, 5) is 0. The van der Waals surface area contributed by atoms with Crippen molar-refractivity contribution < 1.29 is 18.1 Å². The summed E-state index contributed by atoms with van der Waals surface area (Å²) in [5.41, 5.74) is 0.847. The lowest BCUT2D eigenvalue weighted by Crippen LogP contribution is -2.41. The molecule has 0 aliphatic carbocycles. The minimum absolute atomic E-state index is 0.0546. The summed E-state index contributed by atoms with van der Waals surface area (Å²) in [7, 11) is -0.501. The maximum absolute atomic E-state index is 13.5. The van der Waals surface area contributed by atoms with E-state index in [1.54, 1.807) is 54.6 Å². The molecule has 1 fully saturated rings. The fourth-order valence-corrected chi connectivity index (χ4v) is 2.78. The first kappa shape index (κ1) is 17.8. The second-order valence-corrected chi connectivity index (χ2v) is 7.21. The molecule has 25 heavy (non-hydrogen) atoms. The Hall–Kier alpha value is -1.98. The molecule has 0 N–H and O–H groups in total. The average Bonchev–Trinajstić information content (AvgIpc) is 2.77. The third-order valence-electron chi connectivity index (χ3n) is 4.98. The molecule has 130 valence electrons. The first-order valence-corrected chi connectivity index (χ1v) is 8.28. The topological polar surface area (TPSA) is 18.5 Å². The first-order chi connectivity index (χ1) is 11.7. The molecule has 1 aliphatic heterocycles. The van der Waals surface area contributed by atoms with Crippen LogP contribution in [0.3, 0.4) is 0 Å². The quantitative estimate of drug-likeness (QED) is 0.757. The highest BCUT2D eigenvalue weighted by atomic mass is 19.3. The molecule has 0 atom stereocenters. The molecule has 0 amide bonds. The van der Waals surface area contributed by atoms with Crippen LogP contribution in [-0.4, -0.2) is 18.3 Å². The Kier molecular flexibility index (Phi) is 4.56. The van der Waals surface area contributed by atoms with Gasteiger partial charge in [-0.15, -0.1) is 0 Å². The van der Waals surface area contributed by atoms with Crippen LogP contribution >= 0.6 is 0 Å². The smallest absolute Gasteiger partial charge is 0.399 e. The molecule has 2 nitrogen and oxygen atoms in total. The predicted octanol–water partition coefficient (Wildman–Crippen LogP) is 4.64. The summed E-state index contributed by atoms with van der Waals surface area (Å²) in [6.07, 6.45) is -1.70. The van der Waals surface area contributed by atoms with Crippen molar-refractivity contribution in [3.63, 3.8) is 0 Å². The van der Waals surface area contributed by atoms with Gasteiger partial charge in [-0.3, -0.25) is 0 Å². The third-order valence-corrected chi connectivity index (χ3v) is 4.98. The zero-order valence-electron chi connectivity index (χ0n) is 14.8. The SMILES string of the molecule is CC1(C)OB(c2ccc(C(=C(F)F)c3ccccc3)cc2)OC1(C)C. The van der Waals surface area contributed by atoms with Gasteiger partial charge in [-0.25, -0.2) is 0 Å². The van der Waals surface area contributed by atoms with Crippen molar-refractivity contribution in [3.05, 3.63) is 71.8 Å². The number of benzene rings is 2. The standard InChI is InChI=1S/C20H21BF2O2/c1-19(2)20(3,4)25-21(24-19)16-12-10-15(11-13-16)17(18(22)23)14-8-6-5-7-9-14/h5-13H,1-4H3. The molecule has 0 bridgehead atoms. The van der Waals surface area contributed by atoms with Gasteiger partial charge < -0.3 is 9.31 Å². The van der Waals surface area contributed by atoms with Crippen molar-refractivity contribution in [2.24, 2.45) is 0 Å². The van der Waals surface area contributed by atoms with E-state index in [2.05, 4.69) is 0 Å². The van der Waals surface area contributed by atoms with E-state index in [4.69, 9.17) is 9.31 Å². The van der Waals surface area contributed by atoms with Crippen LogP contribution in [0, 0.1) is 0 Å². The van der Waals surface area contributed by atoms with Crippen LogP contribution in [-0.2, 0) is 9.31 Å². The highest BCUT2D eigenvalue weighted by Gasteiger charge is 2.51. The number of halogens is 2. The molecule has 3 rings (SSSR count). The Morgan fingerprint density at radius 1 is 0.760 bits per heavy atom. The maximum Gasteiger partial charge on any atom is 0.494 e. The molecule has 0 saturated carbocycles. The van der Waals surface area contributed by atoms with Crippen molar-refractivity contribution in [3.8, 4) is 0 Å². The zero-order valence-corrected chi connectivity index (χ0v) is 14.8. The number of hydrogen-bond acceptors (Lipinski definition) is 2. The summed E-state index contributed by atoms with van der Waals surface area (Å²) < 4.78 is 39.0. The summed E-state index contributed by atoms with van der Waals surface area (Å²) in [6, 6.07) is 15.6. The van der Waals surface area contributed by atoms with Crippen molar-refractivity contribution in [1.82, 2.24) is 0 Å². The largest absolute Gasteiger partial charge is 0.494 e. The van der Waals surface area contributed by atoms with Crippen molar-refractivity contribution in [1.29, 1.82) is 0 Å². The molecule has 0 radical (unpaired) electrons. The van der Waals surface area contributed by atoms with E-state index in [9.17, 15) is 8.78 Å². The Morgan fingerprint density at radius 3 is 1.72 bits per heavy atom. The van der Waals surface area contributed by atoms with Crippen LogP contribution in [0.1, 0.15) is 38.8 Å². The fraction of sp³-hybridized carbons (Fsp3) is 0.300. The van der Waals surface area contributed by atoms with E-state index in [0.29, 0.717) is 11.1 Å². The second-order valence-electron chi connectivity index (χ2n) is 7.21. The van der Waals surface area contributed by atoms with Gasteiger partial charge in [-0.05, 0) is 44.3 Å². The molecule has 0 spiro atoms. The van der Waals surface area contributed by atoms with Crippen molar-refractivity contribution in [2.45, 2.75) is 38.9 Å². The molecule has 1 aliphatic rings. The average molecular weight is 342 g/mol.